The molecular weight excluding hydrogens is 576 g/mol. The molecule has 1 aromatic carbocycles. The zero-order chi connectivity index (χ0) is 32.7. The maximum atomic E-state index is 13.0. The molecule has 2 atom stereocenters. The fourth-order valence-electron chi connectivity index (χ4n) is 4.85. The molecule has 0 bridgehead atoms. The minimum atomic E-state index is -0.269. The van der Waals surface area contributed by atoms with Crippen molar-refractivity contribution < 1.29 is 19.1 Å². The first-order chi connectivity index (χ1) is 21.3. The standard InChI is InChI=1S/C25H38N4O4.C8H13Cl.C2H2/c1-3-27-22(31)16-29(2)25(32)23(18-10-11-18)28-15-21-13-12-20-9-6-8-19(24(20)33-21)7-4-5-14-26-17-30;1-3-8(2)6-4-5-7-9;1-2/h6,8-9,17-18,21,23,28H,3-5,7,10-16H2,1-2H3,(H,26,30)(H,27,31);3-5H,6-7H2,1-2H3;1-2H/b;5-4-,8-3-;. The van der Waals surface area contributed by atoms with Crippen LogP contribution in [0.5, 0.6) is 5.75 Å². The van der Waals surface area contributed by atoms with Crippen LogP contribution in [0.4, 0.5) is 0 Å². The summed E-state index contributed by atoms with van der Waals surface area (Å²) in [6.45, 7) is 7.96. The lowest BCUT2D eigenvalue weighted by atomic mass is 9.96. The highest BCUT2D eigenvalue weighted by Gasteiger charge is 2.38. The molecule has 1 heterocycles. The molecule has 44 heavy (non-hydrogen) atoms. The van der Waals surface area contributed by atoms with Crippen LogP contribution in [0.1, 0.15) is 70.4 Å². The van der Waals surface area contributed by atoms with Crippen LogP contribution in [0, 0.1) is 18.8 Å². The molecule has 9 heteroatoms. The van der Waals surface area contributed by atoms with E-state index in [1.807, 2.05) is 19.9 Å². The summed E-state index contributed by atoms with van der Waals surface area (Å²) in [4.78, 5) is 36.8. The van der Waals surface area contributed by atoms with Gasteiger partial charge in [-0.25, -0.2) is 0 Å². The minimum absolute atomic E-state index is 0.0122. The average Bonchev–Trinajstić information content (AvgIpc) is 3.88. The van der Waals surface area contributed by atoms with Crippen molar-refractivity contribution in [1.82, 2.24) is 20.9 Å². The Labute approximate surface area is 270 Å². The molecular formula is C35H53ClN4O4. The molecule has 0 aromatic heterocycles. The normalized spacial score (nSPS) is 16.2. The topological polar surface area (TPSA) is 99.8 Å². The molecule has 3 N–H and O–H groups in total. The van der Waals surface area contributed by atoms with Gasteiger partial charge in [-0.05, 0) is 89.2 Å². The Morgan fingerprint density at radius 1 is 1.18 bits per heavy atom. The molecule has 0 spiro atoms. The number of halogens is 1. The molecule has 2 aliphatic rings. The Bertz CT molecular complexity index is 1080. The van der Waals surface area contributed by atoms with Gasteiger partial charge in [-0.15, -0.1) is 24.4 Å². The van der Waals surface area contributed by atoms with Crippen molar-refractivity contribution >= 4 is 29.8 Å². The third kappa shape index (κ3) is 14.9. The highest BCUT2D eigenvalue weighted by molar-refractivity contribution is 6.18. The maximum Gasteiger partial charge on any atom is 0.240 e. The number of amides is 3. The molecule has 0 radical (unpaired) electrons. The number of hydrogen-bond donors (Lipinski definition) is 3. The highest BCUT2D eigenvalue weighted by atomic mass is 35.5. The van der Waals surface area contributed by atoms with Crippen molar-refractivity contribution in [2.45, 2.75) is 84.3 Å². The number of hydrogen-bond acceptors (Lipinski definition) is 5. The van der Waals surface area contributed by atoms with Gasteiger partial charge in [-0.3, -0.25) is 14.4 Å². The fraction of sp³-hybridized carbons (Fsp3) is 0.571. The molecule has 8 nitrogen and oxygen atoms in total. The summed E-state index contributed by atoms with van der Waals surface area (Å²) < 4.78 is 6.41. The first-order valence-electron chi connectivity index (χ1n) is 15.7. The van der Waals surface area contributed by atoms with Crippen LogP contribution in [-0.4, -0.2) is 74.4 Å². The summed E-state index contributed by atoms with van der Waals surface area (Å²) in [6, 6.07) is 6.07. The van der Waals surface area contributed by atoms with Crippen molar-refractivity contribution in [2.24, 2.45) is 5.92 Å². The number of ether oxygens (including phenoxy) is 1. The number of carbonyl (C=O) groups excluding carboxylic acids is 3. The molecule has 0 saturated heterocycles. The number of benzene rings is 1. The Balaban J connectivity index is 0.000000756. The fourth-order valence-corrected chi connectivity index (χ4v) is 4.97. The lowest BCUT2D eigenvalue weighted by Crippen LogP contribution is -2.51. The number of para-hydroxylation sites is 1. The summed E-state index contributed by atoms with van der Waals surface area (Å²) >= 11 is 5.42. The zero-order valence-corrected chi connectivity index (χ0v) is 27.8. The number of allylic oxidation sites excluding steroid dienone is 4. The van der Waals surface area contributed by atoms with Crippen LogP contribution in [0.3, 0.4) is 0 Å². The Morgan fingerprint density at radius 2 is 1.93 bits per heavy atom. The van der Waals surface area contributed by atoms with E-state index < -0.39 is 0 Å². The van der Waals surface area contributed by atoms with Crippen LogP contribution < -0.4 is 20.7 Å². The Hall–Kier alpha value is -3.28. The number of unbranched alkanes of at least 4 members (excludes halogenated alkanes) is 1. The SMILES string of the molecule is C#C.C/C=C(/C)C/C=C\CCl.CCNC(=O)CN(C)C(=O)C(NCC1CCc2cccc(CCCCNC=O)c2O1)C1CC1. The average molecular weight is 629 g/mol. The second-order valence-electron chi connectivity index (χ2n) is 11.0. The quantitative estimate of drug-likeness (QED) is 0.0757. The maximum absolute atomic E-state index is 13.0. The van der Waals surface area contributed by atoms with Gasteiger partial charge < -0.3 is 25.6 Å². The molecule has 1 fully saturated rings. The van der Waals surface area contributed by atoms with E-state index in [0.29, 0.717) is 31.4 Å². The number of nitrogens with one attached hydrogen (secondary N) is 3. The molecule has 1 aliphatic heterocycles. The van der Waals surface area contributed by atoms with Gasteiger partial charge in [0.15, 0.2) is 0 Å². The van der Waals surface area contributed by atoms with Gasteiger partial charge in [0.05, 0.1) is 12.6 Å². The summed E-state index contributed by atoms with van der Waals surface area (Å²) in [5, 5.41) is 8.92. The number of rotatable bonds is 17. The van der Waals surface area contributed by atoms with Crippen LogP contribution in [0.2, 0.25) is 0 Å². The molecule has 1 saturated carbocycles. The molecule has 2 unspecified atom stereocenters. The van der Waals surface area contributed by atoms with Gasteiger partial charge in [-0.1, -0.05) is 42.0 Å². The lowest BCUT2D eigenvalue weighted by molar-refractivity contribution is -0.136. The van der Waals surface area contributed by atoms with Gasteiger partial charge in [0, 0.05) is 32.6 Å². The second kappa shape index (κ2) is 23.1. The highest BCUT2D eigenvalue weighted by Crippen LogP contribution is 2.35. The number of carbonyl (C=O) groups is 3. The van der Waals surface area contributed by atoms with Crippen LogP contribution >= 0.6 is 11.6 Å². The number of terminal acetylenes is 1. The smallest absolute Gasteiger partial charge is 0.240 e. The predicted molar refractivity (Wildman–Crippen MR) is 181 cm³/mol. The van der Waals surface area contributed by atoms with Crippen molar-refractivity contribution in [3.05, 3.63) is 53.1 Å². The summed E-state index contributed by atoms with van der Waals surface area (Å²) in [7, 11) is 1.69. The second-order valence-corrected chi connectivity index (χ2v) is 11.4. The first kappa shape index (κ1) is 38.7. The van der Waals surface area contributed by atoms with Gasteiger partial charge in [0.25, 0.3) is 0 Å². The van der Waals surface area contributed by atoms with E-state index in [-0.39, 0.29) is 30.5 Å². The van der Waals surface area contributed by atoms with Crippen LogP contribution in [-0.2, 0) is 27.2 Å². The van der Waals surface area contributed by atoms with E-state index in [1.165, 1.54) is 21.6 Å². The third-order valence-corrected chi connectivity index (χ3v) is 7.72. The van der Waals surface area contributed by atoms with Crippen LogP contribution in [0.15, 0.2) is 42.0 Å². The zero-order valence-electron chi connectivity index (χ0n) is 27.1. The predicted octanol–water partition coefficient (Wildman–Crippen LogP) is 4.80. The number of nitrogens with zero attached hydrogens (tertiary/aromatic N) is 1. The molecule has 1 aliphatic carbocycles. The van der Waals surface area contributed by atoms with E-state index in [1.54, 1.807) is 7.05 Å². The van der Waals surface area contributed by atoms with Crippen LogP contribution in [0.25, 0.3) is 0 Å². The Morgan fingerprint density at radius 3 is 2.57 bits per heavy atom. The van der Waals surface area contributed by atoms with Gasteiger partial charge in [-0.2, -0.15) is 0 Å². The summed E-state index contributed by atoms with van der Waals surface area (Å²) in [6.07, 6.45) is 22.7. The molecule has 1 aromatic rings. The summed E-state index contributed by atoms with van der Waals surface area (Å²) in [5.41, 5.74) is 3.84. The van der Waals surface area contributed by atoms with Crippen molar-refractivity contribution in [2.75, 3.05) is 39.1 Å². The third-order valence-electron chi connectivity index (χ3n) is 7.54. The first-order valence-corrected chi connectivity index (χ1v) is 16.2. The van der Waals surface area contributed by atoms with E-state index in [2.05, 4.69) is 66.1 Å². The number of aryl methyl sites for hydroxylation is 2. The van der Waals surface area contributed by atoms with Gasteiger partial charge >= 0.3 is 0 Å². The monoisotopic (exact) mass is 628 g/mol. The molecule has 3 rings (SSSR count). The van der Waals surface area contributed by atoms with E-state index in [9.17, 15) is 14.4 Å². The Kier molecular flexibility index (Phi) is 20.4. The van der Waals surface area contributed by atoms with Crippen molar-refractivity contribution in [1.29, 1.82) is 0 Å². The molecule has 244 valence electrons. The summed E-state index contributed by atoms with van der Waals surface area (Å²) in [5.74, 6) is 1.79. The largest absolute Gasteiger partial charge is 0.489 e. The van der Waals surface area contributed by atoms with Crippen molar-refractivity contribution in [3.63, 3.8) is 0 Å². The number of alkyl halides is 1. The van der Waals surface area contributed by atoms with Gasteiger partial charge in [0.2, 0.25) is 18.2 Å². The minimum Gasteiger partial charge on any atom is -0.489 e. The van der Waals surface area contributed by atoms with E-state index in [0.717, 1.165) is 63.5 Å². The molecule has 3 amide bonds. The number of fused-ring (bicyclic) bond motifs is 1. The lowest BCUT2D eigenvalue weighted by Gasteiger charge is -2.30. The van der Waals surface area contributed by atoms with E-state index >= 15 is 0 Å². The van der Waals surface area contributed by atoms with Crippen molar-refractivity contribution in [3.8, 4) is 18.6 Å². The number of likely N-dealkylation sites (N-methyl/N-ethyl adjacent to an activating group) is 2. The van der Waals surface area contributed by atoms with E-state index in [4.69, 9.17) is 16.3 Å². The van der Waals surface area contributed by atoms with Gasteiger partial charge in [0.1, 0.15) is 11.9 Å².